The number of aryl methyl sites for hydroxylation is 1. The van der Waals surface area contributed by atoms with Gasteiger partial charge in [0.05, 0.1) is 10.7 Å². The molecule has 0 bridgehead atoms. The first-order chi connectivity index (χ1) is 11.9. The fourth-order valence-corrected chi connectivity index (χ4v) is 2.89. The first-order valence-electron chi connectivity index (χ1n) is 7.36. The number of thioether (sulfide) groups is 1. The Bertz CT molecular complexity index is 856. The van der Waals surface area contributed by atoms with E-state index >= 15 is 0 Å². The quantitative estimate of drug-likeness (QED) is 0.329. The Kier molecular flexibility index (Phi) is 6.54. The van der Waals surface area contributed by atoms with Gasteiger partial charge >= 0.3 is 0 Å². The molecular weight excluding hydrogens is 368 g/mol. The summed E-state index contributed by atoms with van der Waals surface area (Å²) >= 11 is 6.85. The second-order valence-electron chi connectivity index (χ2n) is 5.05. The SMILES string of the molecule is CCCc1cc(=O)[nH]c(SCC(=O)Nc2cc(Cl)ccc2[N+](=O)[O-])n1. The predicted octanol–water partition coefficient (Wildman–Crippen LogP) is 3.01. The minimum Gasteiger partial charge on any atom is -0.320 e. The number of nitro benzene ring substituents is 1. The van der Waals surface area contributed by atoms with Crippen molar-refractivity contribution < 1.29 is 9.72 Å². The van der Waals surface area contributed by atoms with E-state index in [1.807, 2.05) is 6.92 Å². The lowest BCUT2D eigenvalue weighted by Crippen LogP contribution is -2.16. The molecule has 0 aliphatic carbocycles. The van der Waals surface area contributed by atoms with Gasteiger partial charge in [0, 0.05) is 22.8 Å². The summed E-state index contributed by atoms with van der Waals surface area (Å²) < 4.78 is 0. The highest BCUT2D eigenvalue weighted by Gasteiger charge is 2.16. The first-order valence-corrected chi connectivity index (χ1v) is 8.72. The molecule has 0 atom stereocenters. The van der Waals surface area contributed by atoms with Gasteiger partial charge in [0.15, 0.2) is 5.16 Å². The van der Waals surface area contributed by atoms with E-state index in [1.165, 1.54) is 24.3 Å². The lowest BCUT2D eigenvalue weighted by atomic mass is 10.2. The highest BCUT2D eigenvalue weighted by Crippen LogP contribution is 2.27. The van der Waals surface area contributed by atoms with Crippen LogP contribution in [0.1, 0.15) is 19.0 Å². The molecule has 0 aliphatic heterocycles. The van der Waals surface area contributed by atoms with Crippen LogP contribution in [-0.2, 0) is 11.2 Å². The first kappa shape index (κ1) is 18.9. The third kappa shape index (κ3) is 5.57. The van der Waals surface area contributed by atoms with Gasteiger partial charge in [-0.15, -0.1) is 0 Å². The van der Waals surface area contributed by atoms with E-state index in [9.17, 15) is 19.7 Å². The van der Waals surface area contributed by atoms with Gasteiger partial charge in [-0.3, -0.25) is 19.7 Å². The summed E-state index contributed by atoms with van der Waals surface area (Å²) in [7, 11) is 0. The van der Waals surface area contributed by atoms with Crippen molar-refractivity contribution in [1.29, 1.82) is 0 Å². The minimum atomic E-state index is -0.605. The Morgan fingerprint density at radius 1 is 1.44 bits per heavy atom. The second-order valence-corrected chi connectivity index (χ2v) is 6.45. The summed E-state index contributed by atoms with van der Waals surface area (Å²) in [5.74, 6) is -0.541. The number of carbonyl (C=O) groups is 1. The van der Waals surface area contributed by atoms with Gasteiger partial charge in [-0.05, 0) is 18.6 Å². The zero-order chi connectivity index (χ0) is 18.4. The Morgan fingerprint density at radius 3 is 2.88 bits per heavy atom. The molecule has 0 unspecified atom stereocenters. The zero-order valence-electron chi connectivity index (χ0n) is 13.2. The number of hydrogen-bond acceptors (Lipinski definition) is 6. The van der Waals surface area contributed by atoms with Crippen LogP contribution in [-0.4, -0.2) is 26.6 Å². The minimum absolute atomic E-state index is 0.0179. The van der Waals surface area contributed by atoms with Crippen molar-refractivity contribution >= 4 is 40.6 Å². The maximum Gasteiger partial charge on any atom is 0.292 e. The molecule has 0 saturated heterocycles. The molecule has 132 valence electrons. The second kappa shape index (κ2) is 8.63. The lowest BCUT2D eigenvalue weighted by molar-refractivity contribution is -0.383. The van der Waals surface area contributed by atoms with E-state index in [4.69, 9.17) is 11.6 Å². The molecule has 10 heteroatoms. The van der Waals surface area contributed by atoms with Crippen molar-refractivity contribution in [2.24, 2.45) is 0 Å². The highest BCUT2D eigenvalue weighted by molar-refractivity contribution is 7.99. The van der Waals surface area contributed by atoms with Crippen LogP contribution in [0.5, 0.6) is 0 Å². The van der Waals surface area contributed by atoms with Gasteiger partial charge < -0.3 is 10.3 Å². The number of rotatable bonds is 7. The lowest BCUT2D eigenvalue weighted by Gasteiger charge is -2.07. The summed E-state index contributed by atoms with van der Waals surface area (Å²) in [6.07, 6.45) is 1.51. The summed E-state index contributed by atoms with van der Waals surface area (Å²) in [4.78, 5) is 40.8. The van der Waals surface area contributed by atoms with Crippen molar-refractivity contribution in [1.82, 2.24) is 9.97 Å². The third-order valence-corrected chi connectivity index (χ3v) is 4.16. The molecule has 1 aromatic heterocycles. The summed E-state index contributed by atoms with van der Waals surface area (Å²) in [5, 5.41) is 14.0. The fourth-order valence-electron chi connectivity index (χ4n) is 2.02. The summed E-state index contributed by atoms with van der Waals surface area (Å²) in [5.41, 5.74) is 0.134. The molecule has 0 radical (unpaired) electrons. The number of H-pyrrole nitrogens is 1. The number of nitrogens with zero attached hydrogens (tertiary/aromatic N) is 2. The number of amides is 1. The number of hydrogen-bond donors (Lipinski definition) is 2. The average molecular weight is 383 g/mol. The predicted molar refractivity (Wildman–Crippen MR) is 96.3 cm³/mol. The summed E-state index contributed by atoms with van der Waals surface area (Å²) in [6.45, 7) is 1.97. The monoisotopic (exact) mass is 382 g/mol. The number of carbonyl (C=O) groups excluding carboxylic acids is 1. The van der Waals surface area contributed by atoms with Gasteiger partial charge in [0.25, 0.3) is 11.2 Å². The van der Waals surface area contributed by atoms with Crippen LogP contribution in [0.2, 0.25) is 5.02 Å². The van der Waals surface area contributed by atoms with Crippen molar-refractivity contribution in [3.63, 3.8) is 0 Å². The van der Waals surface area contributed by atoms with Crippen LogP contribution in [0, 0.1) is 10.1 Å². The van der Waals surface area contributed by atoms with Gasteiger partial charge in [-0.25, -0.2) is 4.98 Å². The van der Waals surface area contributed by atoms with E-state index in [-0.39, 0.29) is 27.7 Å². The molecule has 0 aliphatic rings. The number of anilines is 1. The number of benzene rings is 1. The Labute approximate surface area is 152 Å². The van der Waals surface area contributed by atoms with Crippen LogP contribution in [0.15, 0.2) is 34.2 Å². The van der Waals surface area contributed by atoms with Crippen LogP contribution >= 0.6 is 23.4 Å². The van der Waals surface area contributed by atoms with E-state index < -0.39 is 10.8 Å². The topological polar surface area (TPSA) is 118 Å². The van der Waals surface area contributed by atoms with Crippen LogP contribution < -0.4 is 10.9 Å². The summed E-state index contributed by atoms with van der Waals surface area (Å²) in [6, 6.07) is 5.32. The molecule has 8 nitrogen and oxygen atoms in total. The Morgan fingerprint density at radius 2 is 2.20 bits per heavy atom. The van der Waals surface area contributed by atoms with Crippen LogP contribution in [0.3, 0.4) is 0 Å². The molecule has 25 heavy (non-hydrogen) atoms. The van der Waals surface area contributed by atoms with Crippen molar-refractivity contribution in [3.05, 3.63) is 55.5 Å². The third-order valence-electron chi connectivity index (χ3n) is 3.05. The van der Waals surface area contributed by atoms with E-state index in [1.54, 1.807) is 0 Å². The van der Waals surface area contributed by atoms with E-state index in [0.717, 1.165) is 18.2 Å². The molecular formula is C15H15ClN4O4S. The highest BCUT2D eigenvalue weighted by atomic mass is 35.5. The molecule has 1 amide bonds. The van der Waals surface area contributed by atoms with Crippen LogP contribution in [0.4, 0.5) is 11.4 Å². The zero-order valence-corrected chi connectivity index (χ0v) is 14.8. The smallest absolute Gasteiger partial charge is 0.292 e. The number of aromatic amines is 1. The fraction of sp³-hybridized carbons (Fsp3) is 0.267. The molecule has 2 rings (SSSR count). The van der Waals surface area contributed by atoms with Gasteiger partial charge in [0.2, 0.25) is 5.91 Å². The van der Waals surface area contributed by atoms with Gasteiger partial charge in [-0.1, -0.05) is 36.7 Å². The van der Waals surface area contributed by atoms with E-state index in [2.05, 4.69) is 15.3 Å². The molecule has 0 saturated carbocycles. The Balaban J connectivity index is 2.06. The number of aromatic nitrogens is 2. The van der Waals surface area contributed by atoms with Crippen LogP contribution in [0.25, 0.3) is 0 Å². The maximum absolute atomic E-state index is 12.1. The maximum atomic E-state index is 12.1. The number of nitrogens with one attached hydrogen (secondary N) is 2. The van der Waals surface area contributed by atoms with Crippen molar-refractivity contribution in [2.75, 3.05) is 11.1 Å². The normalized spacial score (nSPS) is 10.5. The number of halogens is 1. The van der Waals surface area contributed by atoms with Crippen molar-refractivity contribution in [2.45, 2.75) is 24.9 Å². The van der Waals surface area contributed by atoms with Gasteiger partial charge in [0.1, 0.15) is 5.69 Å². The molecule has 1 aromatic carbocycles. The largest absolute Gasteiger partial charge is 0.320 e. The van der Waals surface area contributed by atoms with E-state index in [0.29, 0.717) is 17.3 Å². The average Bonchev–Trinajstić information content (AvgIpc) is 2.52. The molecule has 2 aromatic rings. The molecule has 0 fully saturated rings. The Hall–Kier alpha value is -2.39. The van der Waals surface area contributed by atoms with Gasteiger partial charge in [-0.2, -0.15) is 0 Å². The molecule has 0 spiro atoms. The number of nitro groups is 1. The standard InChI is InChI=1S/C15H15ClN4O4S/c1-2-3-10-7-13(21)19-15(17-10)25-8-14(22)18-11-6-9(16)4-5-12(11)20(23)24/h4-7H,2-3,8H2,1H3,(H,18,22)(H,17,19,21). The molecule has 2 N–H and O–H groups in total. The van der Waals surface area contributed by atoms with Crippen molar-refractivity contribution in [3.8, 4) is 0 Å². The molecule has 1 heterocycles.